The number of allylic oxidation sites excluding steroid dienone is 2. The van der Waals surface area contributed by atoms with E-state index in [4.69, 9.17) is 5.11 Å². The third-order valence-corrected chi connectivity index (χ3v) is 5.41. The molecule has 0 aromatic heterocycles. The van der Waals surface area contributed by atoms with Crippen molar-refractivity contribution in [1.29, 1.82) is 0 Å². The van der Waals surface area contributed by atoms with Crippen LogP contribution in [0.1, 0.15) is 65.7 Å². The van der Waals surface area contributed by atoms with Crippen molar-refractivity contribution in [3.63, 3.8) is 0 Å². The van der Waals surface area contributed by atoms with E-state index in [2.05, 4.69) is 19.9 Å². The van der Waals surface area contributed by atoms with E-state index in [1.54, 1.807) is 5.57 Å². The average Bonchev–Trinajstić information content (AvgIpc) is 3.18. The van der Waals surface area contributed by atoms with Gasteiger partial charge in [0.05, 0.1) is 5.92 Å². The van der Waals surface area contributed by atoms with Gasteiger partial charge in [-0.15, -0.1) is 0 Å². The molecule has 0 aromatic rings. The molecule has 0 aliphatic heterocycles. The largest absolute Gasteiger partial charge is 0.481 e. The summed E-state index contributed by atoms with van der Waals surface area (Å²) in [5.74, 6) is 1.70. The van der Waals surface area contributed by atoms with E-state index < -0.39 is 5.97 Å². The van der Waals surface area contributed by atoms with E-state index in [0.29, 0.717) is 17.8 Å². The third-order valence-electron chi connectivity index (χ3n) is 5.41. The molecular weight excluding hydrogens is 248 g/mol. The second-order valence-corrected chi connectivity index (χ2v) is 7.22. The molecule has 2 fully saturated rings. The summed E-state index contributed by atoms with van der Waals surface area (Å²) >= 11 is 0. The Morgan fingerprint density at radius 2 is 1.85 bits per heavy atom. The summed E-state index contributed by atoms with van der Waals surface area (Å²) in [5.41, 5.74) is 1.65. The van der Waals surface area contributed by atoms with Crippen molar-refractivity contribution in [3.05, 3.63) is 11.6 Å². The van der Waals surface area contributed by atoms with E-state index in [9.17, 15) is 4.79 Å². The summed E-state index contributed by atoms with van der Waals surface area (Å²) in [6, 6.07) is 0. The average molecular weight is 278 g/mol. The summed E-state index contributed by atoms with van der Waals surface area (Å²) in [6.07, 6.45) is 11.6. The van der Waals surface area contributed by atoms with Crippen molar-refractivity contribution < 1.29 is 9.90 Å². The van der Waals surface area contributed by atoms with Gasteiger partial charge in [-0.2, -0.15) is 0 Å². The minimum atomic E-state index is -0.627. The highest BCUT2D eigenvalue weighted by Crippen LogP contribution is 2.47. The normalized spacial score (nSPS) is 29.5. The lowest BCUT2D eigenvalue weighted by molar-refractivity contribution is -0.141. The van der Waals surface area contributed by atoms with Crippen LogP contribution in [0.4, 0.5) is 0 Å². The number of carbonyl (C=O) groups is 1. The van der Waals surface area contributed by atoms with Crippen molar-refractivity contribution in [2.75, 3.05) is 0 Å². The first kappa shape index (κ1) is 15.6. The van der Waals surface area contributed by atoms with Crippen LogP contribution in [0.3, 0.4) is 0 Å². The Morgan fingerprint density at radius 1 is 1.20 bits per heavy atom. The van der Waals surface area contributed by atoms with Crippen molar-refractivity contribution in [1.82, 2.24) is 0 Å². The van der Waals surface area contributed by atoms with Gasteiger partial charge in [0, 0.05) is 0 Å². The molecule has 0 saturated heterocycles. The SMILES string of the molecule is CC(C)C(=CCC1CC1C(C)C(=O)O)C1CCCCC1. The van der Waals surface area contributed by atoms with Crippen LogP contribution in [0, 0.1) is 29.6 Å². The predicted molar refractivity (Wildman–Crippen MR) is 82.5 cm³/mol. The first-order valence-corrected chi connectivity index (χ1v) is 8.43. The maximum Gasteiger partial charge on any atom is 0.306 e. The van der Waals surface area contributed by atoms with Gasteiger partial charge in [0.25, 0.3) is 0 Å². The number of rotatable bonds is 6. The lowest BCUT2D eigenvalue weighted by Crippen LogP contribution is -2.14. The summed E-state index contributed by atoms with van der Waals surface area (Å²) in [6.45, 7) is 6.48. The standard InChI is InChI=1S/C18H30O2/c1-12(2)16(14-7-5-4-6-8-14)10-9-15-11-17(15)13(3)18(19)20/h10,12-15,17H,4-9,11H2,1-3H3,(H,19,20). The molecule has 114 valence electrons. The number of carboxylic acids is 1. The molecule has 0 heterocycles. The number of aliphatic carboxylic acids is 1. The van der Waals surface area contributed by atoms with Crippen molar-refractivity contribution in [3.8, 4) is 0 Å². The molecule has 2 nitrogen and oxygen atoms in total. The lowest BCUT2D eigenvalue weighted by atomic mass is 9.79. The van der Waals surface area contributed by atoms with Crippen molar-refractivity contribution >= 4 is 5.97 Å². The molecule has 1 N–H and O–H groups in total. The maximum absolute atomic E-state index is 11.0. The van der Waals surface area contributed by atoms with Crippen LogP contribution in [0.5, 0.6) is 0 Å². The number of hydrogen-bond donors (Lipinski definition) is 1. The zero-order valence-corrected chi connectivity index (χ0v) is 13.3. The molecule has 3 unspecified atom stereocenters. The van der Waals surface area contributed by atoms with Gasteiger partial charge in [0.15, 0.2) is 0 Å². The molecule has 2 aliphatic rings. The molecule has 0 bridgehead atoms. The second kappa shape index (κ2) is 6.78. The molecule has 0 spiro atoms. The smallest absolute Gasteiger partial charge is 0.306 e. The van der Waals surface area contributed by atoms with Gasteiger partial charge in [-0.05, 0) is 49.4 Å². The van der Waals surface area contributed by atoms with Gasteiger partial charge in [-0.3, -0.25) is 4.79 Å². The molecular formula is C18H30O2. The molecule has 2 heteroatoms. The Bertz CT molecular complexity index is 364. The van der Waals surface area contributed by atoms with E-state index in [-0.39, 0.29) is 5.92 Å². The zero-order chi connectivity index (χ0) is 14.7. The van der Waals surface area contributed by atoms with Gasteiger partial charge in [0.1, 0.15) is 0 Å². The molecule has 0 aromatic carbocycles. The quantitative estimate of drug-likeness (QED) is 0.702. The molecule has 2 aliphatic carbocycles. The van der Waals surface area contributed by atoms with Crippen LogP contribution >= 0.6 is 0 Å². The topological polar surface area (TPSA) is 37.3 Å². The Labute approximate surface area is 123 Å². The fraction of sp³-hybridized carbons (Fsp3) is 0.833. The Kier molecular flexibility index (Phi) is 5.29. The molecule has 20 heavy (non-hydrogen) atoms. The van der Waals surface area contributed by atoms with E-state index >= 15 is 0 Å². The van der Waals surface area contributed by atoms with Gasteiger partial charge in [-0.25, -0.2) is 0 Å². The Morgan fingerprint density at radius 3 is 2.40 bits per heavy atom. The molecule has 2 saturated carbocycles. The van der Waals surface area contributed by atoms with Crippen molar-refractivity contribution in [2.45, 2.75) is 65.7 Å². The van der Waals surface area contributed by atoms with Crippen LogP contribution in [0.2, 0.25) is 0 Å². The highest BCUT2D eigenvalue weighted by molar-refractivity contribution is 5.70. The van der Waals surface area contributed by atoms with Crippen molar-refractivity contribution in [2.24, 2.45) is 29.6 Å². The monoisotopic (exact) mass is 278 g/mol. The van der Waals surface area contributed by atoms with Gasteiger partial charge in [0.2, 0.25) is 0 Å². The van der Waals surface area contributed by atoms with Gasteiger partial charge >= 0.3 is 5.97 Å². The second-order valence-electron chi connectivity index (χ2n) is 7.22. The minimum absolute atomic E-state index is 0.161. The Balaban J connectivity index is 1.89. The first-order chi connectivity index (χ1) is 9.50. The van der Waals surface area contributed by atoms with E-state index in [0.717, 1.165) is 18.8 Å². The summed E-state index contributed by atoms with van der Waals surface area (Å²) in [5, 5.41) is 9.06. The Hall–Kier alpha value is -0.790. The van der Waals surface area contributed by atoms with Crippen LogP contribution in [0.25, 0.3) is 0 Å². The predicted octanol–water partition coefficient (Wildman–Crippen LogP) is 4.90. The van der Waals surface area contributed by atoms with Crippen LogP contribution < -0.4 is 0 Å². The third kappa shape index (κ3) is 3.86. The van der Waals surface area contributed by atoms with Crippen LogP contribution in [0.15, 0.2) is 11.6 Å². The lowest BCUT2D eigenvalue weighted by Gasteiger charge is -2.27. The number of carboxylic acid groups (broad SMARTS) is 1. The summed E-state index contributed by atoms with van der Waals surface area (Å²) < 4.78 is 0. The molecule has 2 rings (SSSR count). The van der Waals surface area contributed by atoms with Gasteiger partial charge in [-0.1, -0.05) is 51.7 Å². The van der Waals surface area contributed by atoms with Gasteiger partial charge < -0.3 is 5.11 Å². The van der Waals surface area contributed by atoms with E-state index in [1.165, 1.54) is 32.1 Å². The number of hydrogen-bond acceptors (Lipinski definition) is 1. The fourth-order valence-corrected chi connectivity index (χ4v) is 3.93. The fourth-order valence-electron chi connectivity index (χ4n) is 3.93. The maximum atomic E-state index is 11.0. The minimum Gasteiger partial charge on any atom is -0.481 e. The van der Waals surface area contributed by atoms with Crippen LogP contribution in [-0.4, -0.2) is 11.1 Å². The molecule has 3 atom stereocenters. The first-order valence-electron chi connectivity index (χ1n) is 8.43. The van der Waals surface area contributed by atoms with Crippen LogP contribution in [-0.2, 0) is 4.79 Å². The summed E-state index contributed by atoms with van der Waals surface area (Å²) in [7, 11) is 0. The molecule has 0 radical (unpaired) electrons. The van der Waals surface area contributed by atoms with E-state index in [1.807, 2.05) is 6.92 Å². The highest BCUT2D eigenvalue weighted by atomic mass is 16.4. The zero-order valence-electron chi connectivity index (χ0n) is 13.3. The summed E-state index contributed by atoms with van der Waals surface area (Å²) in [4.78, 5) is 11.0. The molecule has 0 amide bonds. The highest BCUT2D eigenvalue weighted by Gasteiger charge is 2.43.